The lowest BCUT2D eigenvalue weighted by Crippen LogP contribution is -2.52. The topological polar surface area (TPSA) is 59.7 Å². The Morgan fingerprint density at radius 3 is 2.83 bits per heavy atom. The Morgan fingerprint density at radius 1 is 1.48 bits per heavy atom. The molecule has 5 atom stereocenters. The second-order valence-corrected chi connectivity index (χ2v) is 7.52. The SMILES string of the molecule is C=C(C)C(=O)OC1CCC2Cc3occ(C)c3C(O)C2(C)C1C. The van der Waals surface area contributed by atoms with E-state index in [0.717, 1.165) is 36.1 Å². The van der Waals surface area contributed by atoms with E-state index in [2.05, 4.69) is 20.4 Å². The molecule has 4 heteroatoms. The van der Waals surface area contributed by atoms with Crippen LogP contribution >= 0.6 is 0 Å². The zero-order valence-electron chi connectivity index (χ0n) is 14.4. The van der Waals surface area contributed by atoms with Crippen molar-refractivity contribution in [3.63, 3.8) is 0 Å². The van der Waals surface area contributed by atoms with Gasteiger partial charge in [0, 0.05) is 28.9 Å². The summed E-state index contributed by atoms with van der Waals surface area (Å²) >= 11 is 0. The van der Waals surface area contributed by atoms with E-state index in [1.165, 1.54) is 0 Å². The zero-order chi connectivity index (χ0) is 16.9. The van der Waals surface area contributed by atoms with Crippen molar-refractivity contribution in [1.82, 2.24) is 0 Å². The quantitative estimate of drug-likeness (QED) is 0.667. The van der Waals surface area contributed by atoms with Gasteiger partial charge in [0.05, 0.1) is 12.4 Å². The van der Waals surface area contributed by atoms with Crippen LogP contribution < -0.4 is 0 Å². The van der Waals surface area contributed by atoms with Crippen molar-refractivity contribution in [2.45, 2.75) is 59.2 Å². The predicted octanol–water partition coefficient (Wildman–Crippen LogP) is 3.72. The second-order valence-electron chi connectivity index (χ2n) is 7.52. The highest BCUT2D eigenvalue weighted by Gasteiger charge is 2.55. The first kappa shape index (κ1) is 16.3. The van der Waals surface area contributed by atoms with Crippen LogP contribution in [0.2, 0.25) is 0 Å². The zero-order valence-corrected chi connectivity index (χ0v) is 14.4. The van der Waals surface area contributed by atoms with Crippen LogP contribution in [0.25, 0.3) is 0 Å². The summed E-state index contributed by atoms with van der Waals surface area (Å²) in [6, 6.07) is 0. The van der Waals surface area contributed by atoms with Gasteiger partial charge in [-0.3, -0.25) is 0 Å². The summed E-state index contributed by atoms with van der Waals surface area (Å²) in [7, 11) is 0. The highest BCUT2D eigenvalue weighted by atomic mass is 16.5. The van der Waals surface area contributed by atoms with E-state index in [-0.39, 0.29) is 23.4 Å². The minimum Gasteiger partial charge on any atom is -0.469 e. The van der Waals surface area contributed by atoms with Gasteiger partial charge >= 0.3 is 5.97 Å². The molecule has 0 spiro atoms. The standard InChI is InChI=1S/C19H26O4/c1-10(2)18(21)23-14-7-6-13-8-15-16(11(3)9-22-15)17(20)19(13,5)12(14)4/h9,12-14,17,20H,1,6-8H2,2-5H3. The van der Waals surface area contributed by atoms with Crippen LogP contribution in [-0.4, -0.2) is 17.2 Å². The van der Waals surface area contributed by atoms with Crippen LogP contribution in [0, 0.1) is 24.2 Å². The van der Waals surface area contributed by atoms with Crippen molar-refractivity contribution < 1.29 is 19.1 Å². The number of carbonyl (C=O) groups is 1. The fourth-order valence-corrected chi connectivity index (χ4v) is 4.46. The van der Waals surface area contributed by atoms with Crippen molar-refractivity contribution in [3.8, 4) is 0 Å². The second kappa shape index (κ2) is 5.52. The molecule has 2 aliphatic rings. The van der Waals surface area contributed by atoms with E-state index in [4.69, 9.17) is 9.15 Å². The third-order valence-corrected chi connectivity index (χ3v) is 6.22. The number of furan rings is 1. The summed E-state index contributed by atoms with van der Waals surface area (Å²) in [5.74, 6) is 0.990. The maximum Gasteiger partial charge on any atom is 0.333 e. The van der Waals surface area contributed by atoms with Crippen LogP contribution in [0.5, 0.6) is 0 Å². The monoisotopic (exact) mass is 318 g/mol. The Bertz CT molecular complexity index is 644. The first-order valence-electron chi connectivity index (χ1n) is 8.38. The highest BCUT2D eigenvalue weighted by molar-refractivity contribution is 5.87. The summed E-state index contributed by atoms with van der Waals surface area (Å²) < 4.78 is 11.3. The van der Waals surface area contributed by atoms with Crippen LogP contribution in [-0.2, 0) is 16.0 Å². The van der Waals surface area contributed by atoms with Gasteiger partial charge in [-0.1, -0.05) is 20.4 Å². The molecular formula is C19H26O4. The molecule has 1 saturated carbocycles. The Balaban J connectivity index is 1.91. The van der Waals surface area contributed by atoms with Gasteiger partial charge in [0.2, 0.25) is 0 Å². The average Bonchev–Trinajstić information content (AvgIpc) is 2.86. The van der Waals surface area contributed by atoms with E-state index < -0.39 is 6.10 Å². The van der Waals surface area contributed by atoms with Crippen molar-refractivity contribution in [2.75, 3.05) is 0 Å². The molecule has 0 aromatic carbocycles. The average molecular weight is 318 g/mol. The number of carbonyl (C=O) groups excluding carboxylic acids is 1. The van der Waals surface area contributed by atoms with E-state index in [0.29, 0.717) is 11.5 Å². The molecule has 1 heterocycles. The molecule has 0 saturated heterocycles. The minimum absolute atomic E-state index is 0.0713. The van der Waals surface area contributed by atoms with E-state index in [1.54, 1.807) is 13.2 Å². The lowest BCUT2D eigenvalue weighted by atomic mass is 9.53. The van der Waals surface area contributed by atoms with Crippen LogP contribution in [0.4, 0.5) is 0 Å². The minimum atomic E-state index is -0.587. The molecule has 4 nitrogen and oxygen atoms in total. The summed E-state index contributed by atoms with van der Waals surface area (Å²) in [6.07, 6.45) is 3.56. The molecule has 0 bridgehead atoms. The Labute approximate surface area is 137 Å². The molecule has 0 amide bonds. The molecule has 0 radical (unpaired) electrons. The summed E-state index contributed by atoms with van der Waals surface area (Å²) in [5, 5.41) is 11.1. The van der Waals surface area contributed by atoms with Gasteiger partial charge in [0.1, 0.15) is 11.9 Å². The molecular weight excluding hydrogens is 292 g/mol. The number of fused-ring (bicyclic) bond motifs is 2. The first-order valence-corrected chi connectivity index (χ1v) is 8.38. The largest absolute Gasteiger partial charge is 0.469 e. The Hall–Kier alpha value is -1.55. The van der Waals surface area contributed by atoms with Gasteiger partial charge in [-0.05, 0) is 38.2 Å². The fourth-order valence-electron chi connectivity index (χ4n) is 4.46. The third-order valence-electron chi connectivity index (χ3n) is 6.22. The summed E-state index contributed by atoms with van der Waals surface area (Å²) in [5.41, 5.74) is 2.03. The molecule has 1 aromatic rings. The molecule has 1 N–H and O–H groups in total. The van der Waals surface area contributed by atoms with Crippen molar-refractivity contribution in [1.29, 1.82) is 0 Å². The lowest BCUT2D eigenvalue weighted by Gasteiger charge is -2.53. The number of hydrogen-bond donors (Lipinski definition) is 1. The number of aliphatic hydroxyl groups excluding tert-OH is 1. The lowest BCUT2D eigenvalue weighted by molar-refractivity contribution is -0.168. The summed E-state index contributed by atoms with van der Waals surface area (Å²) in [4.78, 5) is 11.9. The number of hydrogen-bond acceptors (Lipinski definition) is 4. The molecule has 5 unspecified atom stereocenters. The van der Waals surface area contributed by atoms with Gasteiger partial charge in [-0.2, -0.15) is 0 Å². The maximum absolute atomic E-state index is 11.9. The van der Waals surface area contributed by atoms with Gasteiger partial charge in [-0.15, -0.1) is 0 Å². The van der Waals surface area contributed by atoms with Gasteiger partial charge in [0.25, 0.3) is 0 Å². The molecule has 1 fully saturated rings. The number of rotatable bonds is 2. The van der Waals surface area contributed by atoms with Gasteiger partial charge in [-0.25, -0.2) is 4.79 Å². The Kier molecular flexibility index (Phi) is 3.91. The molecule has 0 aliphatic heterocycles. The molecule has 126 valence electrons. The van der Waals surface area contributed by atoms with E-state index in [9.17, 15) is 9.90 Å². The third kappa shape index (κ3) is 2.35. The number of esters is 1. The molecule has 23 heavy (non-hydrogen) atoms. The molecule has 2 aliphatic carbocycles. The normalized spacial score (nSPS) is 36.0. The smallest absolute Gasteiger partial charge is 0.333 e. The number of aliphatic hydroxyl groups is 1. The van der Waals surface area contributed by atoms with E-state index in [1.807, 2.05) is 6.92 Å². The van der Waals surface area contributed by atoms with Gasteiger partial charge < -0.3 is 14.3 Å². The van der Waals surface area contributed by atoms with Crippen LogP contribution in [0.15, 0.2) is 22.8 Å². The van der Waals surface area contributed by atoms with Crippen LogP contribution in [0.3, 0.4) is 0 Å². The van der Waals surface area contributed by atoms with Crippen molar-refractivity contribution in [3.05, 3.63) is 35.3 Å². The molecule has 3 rings (SSSR count). The summed E-state index contributed by atoms with van der Waals surface area (Å²) in [6.45, 7) is 11.5. The van der Waals surface area contributed by atoms with Gasteiger partial charge in [0.15, 0.2) is 0 Å². The maximum atomic E-state index is 11.9. The predicted molar refractivity (Wildman–Crippen MR) is 86.8 cm³/mol. The Morgan fingerprint density at radius 2 is 2.17 bits per heavy atom. The fraction of sp³-hybridized carbons (Fsp3) is 0.632. The van der Waals surface area contributed by atoms with E-state index >= 15 is 0 Å². The van der Waals surface area contributed by atoms with Crippen molar-refractivity contribution in [2.24, 2.45) is 17.3 Å². The highest BCUT2D eigenvalue weighted by Crippen LogP contribution is 2.58. The molecule has 1 aromatic heterocycles. The van der Waals surface area contributed by atoms with Crippen LogP contribution in [0.1, 0.15) is 56.6 Å². The van der Waals surface area contributed by atoms with Crippen molar-refractivity contribution >= 4 is 5.97 Å². The number of aryl methyl sites for hydroxylation is 1. The number of ether oxygens (including phenoxy) is 1. The first-order chi connectivity index (χ1) is 10.8.